The number of hydrogen-bond acceptors (Lipinski definition) is 10. The van der Waals surface area contributed by atoms with Crippen molar-refractivity contribution in [2.75, 3.05) is 43.6 Å². The van der Waals surface area contributed by atoms with E-state index in [0.29, 0.717) is 71.6 Å². The molecule has 1 atom stereocenters. The number of fused-ring (bicyclic) bond motifs is 2. The number of aromatic nitrogens is 6. The lowest BCUT2D eigenvalue weighted by atomic mass is 10.1. The number of hydrogen-bond donors (Lipinski definition) is 1. The van der Waals surface area contributed by atoms with Gasteiger partial charge in [-0.05, 0) is 43.3 Å². The van der Waals surface area contributed by atoms with Crippen molar-refractivity contribution in [3.63, 3.8) is 0 Å². The van der Waals surface area contributed by atoms with Crippen LogP contribution in [0.15, 0.2) is 67.9 Å². The summed E-state index contributed by atoms with van der Waals surface area (Å²) in [5.74, 6) is 1.32. The topological polar surface area (TPSA) is 123 Å². The van der Waals surface area contributed by atoms with E-state index in [2.05, 4.69) is 36.8 Å². The molecule has 42 heavy (non-hydrogen) atoms. The quantitative estimate of drug-likeness (QED) is 0.275. The zero-order valence-corrected chi connectivity index (χ0v) is 23.1. The molecule has 1 fully saturated rings. The van der Waals surface area contributed by atoms with Crippen LogP contribution >= 0.6 is 0 Å². The Morgan fingerprint density at radius 1 is 1.17 bits per heavy atom. The first-order valence-corrected chi connectivity index (χ1v) is 13.3. The van der Waals surface area contributed by atoms with Gasteiger partial charge in [-0.1, -0.05) is 6.58 Å². The van der Waals surface area contributed by atoms with Crippen LogP contribution < -0.4 is 15.0 Å². The Bertz CT molecular complexity index is 1790. The van der Waals surface area contributed by atoms with Gasteiger partial charge in [0.1, 0.15) is 35.5 Å². The van der Waals surface area contributed by atoms with Crippen molar-refractivity contribution in [3.8, 4) is 11.5 Å². The third-order valence-corrected chi connectivity index (χ3v) is 7.16. The molecule has 1 aliphatic rings. The number of ether oxygens (including phenoxy) is 2. The molecule has 4 aromatic heterocycles. The Hall–Kier alpha value is -5.17. The second-order valence-electron chi connectivity index (χ2n) is 9.75. The molecule has 5 aromatic rings. The van der Waals surface area contributed by atoms with Gasteiger partial charge in [-0.25, -0.2) is 28.8 Å². The van der Waals surface area contributed by atoms with Crippen molar-refractivity contribution in [1.29, 1.82) is 0 Å². The van der Waals surface area contributed by atoms with Gasteiger partial charge in [0.05, 0.1) is 23.9 Å². The Morgan fingerprint density at radius 3 is 2.88 bits per heavy atom. The minimum absolute atomic E-state index is 0.131. The highest BCUT2D eigenvalue weighted by Gasteiger charge is 2.30. The second-order valence-corrected chi connectivity index (χ2v) is 9.75. The van der Waals surface area contributed by atoms with E-state index in [1.165, 1.54) is 18.7 Å². The van der Waals surface area contributed by atoms with E-state index in [9.17, 15) is 4.79 Å². The molecule has 13 heteroatoms. The average molecular weight is 570 g/mol. The minimum Gasteiger partial charge on any atom is -0.457 e. The lowest BCUT2D eigenvalue weighted by molar-refractivity contribution is -0.129. The summed E-state index contributed by atoms with van der Waals surface area (Å²) in [6.07, 6.45) is 5.89. The van der Waals surface area contributed by atoms with Gasteiger partial charge in [0.2, 0.25) is 5.91 Å². The number of anilines is 3. The standard InChI is InChI=1S/C29H28FN9O3/c1-4-26(40)38-12-11-37(14-19(38)15-41-3)24-8-6-22-28(36-24)29(33-16-31-22)35-21-5-7-23(18(2)27(21)30)42-20-9-10-39-25(13-20)32-17-34-39/h4-10,13,16-17,19H,1,11-12,14-15H2,2-3H3,(H,31,33,35)/t19-/m1/s1. The average Bonchev–Trinajstić information content (AvgIpc) is 3.48. The van der Waals surface area contributed by atoms with Crippen LogP contribution in [0.5, 0.6) is 11.5 Å². The number of nitrogens with zero attached hydrogens (tertiary/aromatic N) is 8. The first-order valence-electron chi connectivity index (χ1n) is 13.3. The summed E-state index contributed by atoms with van der Waals surface area (Å²) in [5, 5.41) is 7.16. The number of carbonyl (C=O) groups is 1. The summed E-state index contributed by atoms with van der Waals surface area (Å²) in [6.45, 7) is 7.25. The van der Waals surface area contributed by atoms with Gasteiger partial charge in [0.25, 0.3) is 0 Å². The third-order valence-electron chi connectivity index (χ3n) is 7.16. The van der Waals surface area contributed by atoms with Crippen molar-refractivity contribution in [2.24, 2.45) is 0 Å². The highest BCUT2D eigenvalue weighted by atomic mass is 19.1. The van der Waals surface area contributed by atoms with E-state index in [1.54, 1.807) is 53.9 Å². The number of amides is 1. The highest BCUT2D eigenvalue weighted by molar-refractivity contribution is 5.89. The Labute approximate surface area is 240 Å². The first kappa shape index (κ1) is 27.0. The van der Waals surface area contributed by atoms with Crippen LogP contribution in [0.25, 0.3) is 16.7 Å². The van der Waals surface area contributed by atoms with E-state index in [0.717, 1.165) is 0 Å². The second kappa shape index (κ2) is 11.4. The molecule has 0 radical (unpaired) electrons. The smallest absolute Gasteiger partial charge is 0.246 e. The van der Waals surface area contributed by atoms with Crippen LogP contribution in [0.3, 0.4) is 0 Å². The van der Waals surface area contributed by atoms with E-state index >= 15 is 4.39 Å². The number of piperazine rings is 1. The predicted octanol–water partition coefficient (Wildman–Crippen LogP) is 3.90. The molecule has 0 spiro atoms. The fraction of sp³-hybridized carbons (Fsp3) is 0.241. The van der Waals surface area contributed by atoms with Gasteiger partial charge in [0.15, 0.2) is 17.3 Å². The van der Waals surface area contributed by atoms with Crippen LogP contribution in [-0.4, -0.2) is 79.7 Å². The first-order chi connectivity index (χ1) is 20.4. The summed E-state index contributed by atoms with van der Waals surface area (Å²) in [6, 6.07) is 10.3. The van der Waals surface area contributed by atoms with Gasteiger partial charge in [0, 0.05) is 44.6 Å². The van der Waals surface area contributed by atoms with Crippen LogP contribution in [-0.2, 0) is 9.53 Å². The molecule has 12 nitrogen and oxygen atoms in total. The lowest BCUT2D eigenvalue weighted by Gasteiger charge is -2.41. The zero-order chi connectivity index (χ0) is 29.2. The largest absolute Gasteiger partial charge is 0.457 e. The molecule has 6 rings (SSSR count). The third kappa shape index (κ3) is 5.17. The molecule has 0 saturated carbocycles. The highest BCUT2D eigenvalue weighted by Crippen LogP contribution is 2.33. The molecule has 1 aliphatic heterocycles. The van der Waals surface area contributed by atoms with Gasteiger partial charge in [-0.15, -0.1) is 0 Å². The molecule has 1 aromatic carbocycles. The maximum Gasteiger partial charge on any atom is 0.246 e. The summed E-state index contributed by atoms with van der Waals surface area (Å²) >= 11 is 0. The van der Waals surface area contributed by atoms with Crippen molar-refractivity contribution in [1.82, 2.24) is 34.4 Å². The fourth-order valence-corrected chi connectivity index (χ4v) is 4.99. The van der Waals surface area contributed by atoms with Crippen LogP contribution in [0.2, 0.25) is 0 Å². The van der Waals surface area contributed by atoms with Gasteiger partial charge >= 0.3 is 0 Å². The summed E-state index contributed by atoms with van der Waals surface area (Å²) in [5.41, 5.74) is 2.25. The fourth-order valence-electron chi connectivity index (χ4n) is 4.99. The van der Waals surface area contributed by atoms with E-state index in [-0.39, 0.29) is 17.6 Å². The van der Waals surface area contributed by atoms with Crippen molar-refractivity contribution in [2.45, 2.75) is 13.0 Å². The number of halogens is 1. The van der Waals surface area contributed by atoms with E-state index < -0.39 is 5.82 Å². The number of rotatable bonds is 8. The number of pyridine rings is 2. The summed E-state index contributed by atoms with van der Waals surface area (Å²) < 4.78 is 28.5. The maximum atomic E-state index is 15.6. The monoisotopic (exact) mass is 569 g/mol. The van der Waals surface area contributed by atoms with E-state index in [1.807, 2.05) is 12.1 Å². The molecular weight excluding hydrogens is 541 g/mol. The molecule has 1 amide bonds. The Balaban J connectivity index is 1.25. The van der Waals surface area contributed by atoms with Gasteiger partial charge in [-0.2, -0.15) is 5.10 Å². The molecule has 1 N–H and O–H groups in total. The molecule has 0 bridgehead atoms. The summed E-state index contributed by atoms with van der Waals surface area (Å²) in [7, 11) is 1.61. The number of nitrogens with one attached hydrogen (secondary N) is 1. The normalized spacial score (nSPS) is 15.3. The molecular formula is C29H28FN9O3. The number of benzene rings is 1. The van der Waals surface area contributed by atoms with Gasteiger partial charge < -0.3 is 24.6 Å². The predicted molar refractivity (Wildman–Crippen MR) is 155 cm³/mol. The Morgan fingerprint density at radius 2 is 2.05 bits per heavy atom. The van der Waals surface area contributed by atoms with Crippen molar-refractivity contribution >= 4 is 39.9 Å². The molecule has 0 unspecified atom stereocenters. The van der Waals surface area contributed by atoms with Crippen LogP contribution in [0, 0.1) is 12.7 Å². The number of carbonyl (C=O) groups excluding carboxylic acids is 1. The maximum absolute atomic E-state index is 15.6. The van der Waals surface area contributed by atoms with E-state index in [4.69, 9.17) is 14.5 Å². The molecule has 5 heterocycles. The van der Waals surface area contributed by atoms with Crippen molar-refractivity contribution < 1.29 is 18.7 Å². The SMILES string of the molecule is C=CC(=O)N1CCN(c2ccc3ncnc(Nc4ccc(Oc5ccn6ncnc6c5)c(C)c4F)c3n2)C[C@@H]1COC. The van der Waals surface area contributed by atoms with Crippen LogP contribution in [0.4, 0.5) is 21.7 Å². The lowest BCUT2D eigenvalue weighted by Crippen LogP contribution is -2.56. The Kier molecular flexibility index (Phi) is 7.32. The van der Waals surface area contributed by atoms with Crippen LogP contribution in [0.1, 0.15) is 5.56 Å². The minimum atomic E-state index is -0.482. The molecule has 214 valence electrons. The molecule has 0 aliphatic carbocycles. The number of methoxy groups -OCH3 is 1. The summed E-state index contributed by atoms with van der Waals surface area (Å²) in [4.78, 5) is 33.9. The van der Waals surface area contributed by atoms with Gasteiger partial charge in [-0.3, -0.25) is 4.79 Å². The molecule has 1 saturated heterocycles. The van der Waals surface area contributed by atoms with Crippen molar-refractivity contribution in [3.05, 3.63) is 79.3 Å². The zero-order valence-electron chi connectivity index (χ0n) is 23.1.